The molecule has 0 saturated carbocycles. The molecule has 0 atom stereocenters. The van der Waals surface area contributed by atoms with Crippen molar-refractivity contribution in [2.24, 2.45) is 4.99 Å². The van der Waals surface area contributed by atoms with Crippen LogP contribution in [0, 0.1) is 0 Å². The summed E-state index contributed by atoms with van der Waals surface area (Å²) in [5, 5.41) is 4.58. The number of aryl methyl sites for hydroxylation is 1. The average molecular weight is 515 g/mol. The van der Waals surface area contributed by atoms with Gasteiger partial charge in [-0.1, -0.05) is 60.1 Å². The van der Waals surface area contributed by atoms with Gasteiger partial charge in [0.25, 0.3) is 5.91 Å². The third-order valence-electron chi connectivity index (χ3n) is 6.24. The lowest BCUT2D eigenvalue weighted by Crippen LogP contribution is -2.24. The Hall–Kier alpha value is -3.41. The predicted octanol–water partition coefficient (Wildman–Crippen LogP) is 7.54. The van der Waals surface area contributed by atoms with Gasteiger partial charge < -0.3 is 10.1 Å². The van der Waals surface area contributed by atoms with Crippen LogP contribution in [0.15, 0.2) is 83.9 Å². The molecule has 182 valence electrons. The molecule has 0 saturated heterocycles. The van der Waals surface area contributed by atoms with Crippen molar-refractivity contribution >= 4 is 40.1 Å². The molecular formula is C30H27ClN2O2S. The monoisotopic (exact) mass is 514 g/mol. The molecule has 1 N–H and O–H groups in total. The standard InChI is InChI=1S/C30H27ClN2O2S/c31-26-12-6-4-10-23(26)20-35-24-16-14-22(15-17-24)19-33-30-28(25-11-5-7-13-27(25)36-30)29(34)32-18-21-8-2-1-3-9-21/h1-4,6,8-10,12,14-17,19H,5,7,11,13,18,20H2,(H,32,34)/b33-19-. The Bertz CT molecular complexity index is 1360. The zero-order valence-corrected chi connectivity index (χ0v) is 21.4. The highest BCUT2D eigenvalue weighted by Gasteiger charge is 2.25. The van der Waals surface area contributed by atoms with Gasteiger partial charge in [0, 0.05) is 28.2 Å². The normalized spacial score (nSPS) is 12.9. The SMILES string of the molecule is O=C(NCc1ccccc1)c1c(/N=C\c2ccc(OCc3ccccc3Cl)cc2)sc2c1CCCC2. The number of nitrogens with one attached hydrogen (secondary N) is 1. The van der Waals surface area contributed by atoms with E-state index < -0.39 is 0 Å². The van der Waals surface area contributed by atoms with Crippen LogP contribution in [-0.4, -0.2) is 12.1 Å². The predicted molar refractivity (Wildman–Crippen MR) is 148 cm³/mol. The Balaban J connectivity index is 1.29. The fraction of sp³-hybridized carbons (Fsp3) is 0.200. The molecule has 0 spiro atoms. The van der Waals surface area contributed by atoms with E-state index in [1.807, 2.05) is 85.1 Å². The summed E-state index contributed by atoms with van der Waals surface area (Å²) in [6.45, 7) is 0.915. The molecule has 0 radical (unpaired) electrons. The van der Waals surface area contributed by atoms with Gasteiger partial charge in [0.15, 0.2) is 0 Å². The Morgan fingerprint density at radius 2 is 1.72 bits per heavy atom. The highest BCUT2D eigenvalue weighted by molar-refractivity contribution is 7.16. The Morgan fingerprint density at radius 1 is 0.972 bits per heavy atom. The van der Waals surface area contributed by atoms with Crippen LogP contribution in [0.2, 0.25) is 5.02 Å². The lowest BCUT2D eigenvalue weighted by molar-refractivity contribution is 0.0951. The van der Waals surface area contributed by atoms with Crippen LogP contribution < -0.4 is 10.1 Å². The number of aliphatic imine (C=N–C) groups is 1. The van der Waals surface area contributed by atoms with Gasteiger partial charge >= 0.3 is 0 Å². The number of ether oxygens (including phenoxy) is 1. The first kappa shape index (κ1) is 24.3. The summed E-state index contributed by atoms with van der Waals surface area (Å²) in [5.41, 5.74) is 4.89. The van der Waals surface area contributed by atoms with Crippen molar-refractivity contribution in [3.63, 3.8) is 0 Å². The zero-order chi connectivity index (χ0) is 24.7. The van der Waals surface area contributed by atoms with Crippen molar-refractivity contribution in [3.05, 3.63) is 117 Å². The van der Waals surface area contributed by atoms with Crippen molar-refractivity contribution in [1.29, 1.82) is 0 Å². The molecule has 36 heavy (non-hydrogen) atoms. The van der Waals surface area contributed by atoms with Crippen LogP contribution in [0.1, 0.15) is 50.3 Å². The molecule has 1 aromatic heterocycles. The fourth-order valence-corrected chi connectivity index (χ4v) is 5.72. The second kappa shape index (κ2) is 11.5. The Kier molecular flexibility index (Phi) is 7.79. The maximum atomic E-state index is 13.2. The third-order valence-corrected chi connectivity index (χ3v) is 7.81. The number of hydrogen-bond donors (Lipinski definition) is 1. The molecule has 0 bridgehead atoms. The molecule has 4 aromatic rings. The molecular weight excluding hydrogens is 488 g/mol. The Labute approximate surface area is 220 Å². The zero-order valence-electron chi connectivity index (χ0n) is 19.9. The molecule has 0 unspecified atom stereocenters. The van der Waals surface area contributed by atoms with E-state index in [1.54, 1.807) is 11.3 Å². The van der Waals surface area contributed by atoms with E-state index in [0.717, 1.165) is 58.7 Å². The first-order chi connectivity index (χ1) is 17.7. The van der Waals surface area contributed by atoms with Crippen molar-refractivity contribution in [2.45, 2.75) is 38.8 Å². The number of fused-ring (bicyclic) bond motifs is 1. The quantitative estimate of drug-likeness (QED) is 0.247. The summed E-state index contributed by atoms with van der Waals surface area (Å²) in [6.07, 6.45) is 6.06. The van der Waals surface area contributed by atoms with Gasteiger partial charge in [0.05, 0.1) is 5.56 Å². The van der Waals surface area contributed by atoms with Crippen LogP contribution in [0.25, 0.3) is 0 Å². The van der Waals surface area contributed by atoms with Gasteiger partial charge in [-0.15, -0.1) is 11.3 Å². The van der Waals surface area contributed by atoms with Crippen LogP contribution in [0.4, 0.5) is 5.00 Å². The minimum absolute atomic E-state index is 0.0475. The summed E-state index contributed by atoms with van der Waals surface area (Å²) < 4.78 is 5.88. The number of hydrogen-bond acceptors (Lipinski definition) is 4. The third kappa shape index (κ3) is 5.86. The number of carbonyl (C=O) groups excluding carboxylic acids is 1. The maximum absolute atomic E-state index is 13.2. The smallest absolute Gasteiger partial charge is 0.254 e. The molecule has 0 fully saturated rings. The number of benzene rings is 3. The largest absolute Gasteiger partial charge is 0.489 e. The number of thiophene rings is 1. The number of halogens is 1. The van der Waals surface area contributed by atoms with Gasteiger partial charge in [0.2, 0.25) is 0 Å². The van der Waals surface area contributed by atoms with Gasteiger partial charge in [-0.3, -0.25) is 4.79 Å². The first-order valence-electron chi connectivity index (χ1n) is 12.1. The summed E-state index contributed by atoms with van der Waals surface area (Å²) in [5.74, 6) is 0.716. The summed E-state index contributed by atoms with van der Waals surface area (Å²) in [7, 11) is 0. The average Bonchev–Trinajstić information content (AvgIpc) is 3.30. The summed E-state index contributed by atoms with van der Waals surface area (Å²) >= 11 is 7.86. The summed E-state index contributed by atoms with van der Waals surface area (Å²) in [4.78, 5) is 19.3. The lowest BCUT2D eigenvalue weighted by Gasteiger charge is -2.12. The fourth-order valence-electron chi connectivity index (χ4n) is 4.30. The number of rotatable bonds is 8. The Morgan fingerprint density at radius 3 is 2.53 bits per heavy atom. The van der Waals surface area contributed by atoms with Crippen LogP contribution in [-0.2, 0) is 26.0 Å². The first-order valence-corrected chi connectivity index (χ1v) is 13.3. The van der Waals surface area contributed by atoms with E-state index in [1.165, 1.54) is 10.4 Å². The molecule has 3 aromatic carbocycles. The van der Waals surface area contributed by atoms with Gasteiger partial charge in [-0.2, -0.15) is 0 Å². The van der Waals surface area contributed by atoms with E-state index >= 15 is 0 Å². The van der Waals surface area contributed by atoms with Crippen LogP contribution >= 0.6 is 22.9 Å². The van der Waals surface area contributed by atoms with Crippen molar-refractivity contribution < 1.29 is 9.53 Å². The van der Waals surface area contributed by atoms with Gasteiger partial charge in [0.1, 0.15) is 17.4 Å². The molecule has 1 aliphatic rings. The van der Waals surface area contributed by atoms with E-state index in [2.05, 4.69) is 5.32 Å². The van der Waals surface area contributed by atoms with Crippen molar-refractivity contribution in [2.75, 3.05) is 0 Å². The molecule has 4 nitrogen and oxygen atoms in total. The molecule has 0 aliphatic heterocycles. The maximum Gasteiger partial charge on any atom is 0.254 e. The molecule has 1 amide bonds. The number of amides is 1. The number of carbonyl (C=O) groups is 1. The molecule has 6 heteroatoms. The van der Waals surface area contributed by atoms with Crippen LogP contribution in [0.5, 0.6) is 5.75 Å². The van der Waals surface area contributed by atoms with Gasteiger partial charge in [-0.05, 0) is 72.7 Å². The minimum Gasteiger partial charge on any atom is -0.489 e. The lowest BCUT2D eigenvalue weighted by atomic mass is 9.95. The van der Waals surface area contributed by atoms with Crippen molar-refractivity contribution in [1.82, 2.24) is 5.32 Å². The topological polar surface area (TPSA) is 50.7 Å². The molecule has 5 rings (SSSR count). The molecule has 1 heterocycles. The van der Waals surface area contributed by atoms with E-state index in [-0.39, 0.29) is 5.91 Å². The second-order valence-corrected chi connectivity index (χ2v) is 10.3. The van der Waals surface area contributed by atoms with E-state index in [9.17, 15) is 4.79 Å². The summed E-state index contributed by atoms with van der Waals surface area (Å²) in [6, 6.07) is 25.4. The number of nitrogens with zero attached hydrogens (tertiary/aromatic N) is 1. The second-order valence-electron chi connectivity index (χ2n) is 8.77. The van der Waals surface area contributed by atoms with Gasteiger partial charge in [-0.25, -0.2) is 4.99 Å². The highest BCUT2D eigenvalue weighted by Crippen LogP contribution is 2.40. The van der Waals surface area contributed by atoms with E-state index in [4.69, 9.17) is 21.3 Å². The minimum atomic E-state index is -0.0475. The molecule has 1 aliphatic carbocycles. The van der Waals surface area contributed by atoms with Crippen molar-refractivity contribution in [3.8, 4) is 5.75 Å². The highest BCUT2D eigenvalue weighted by atomic mass is 35.5. The van der Waals surface area contributed by atoms with Crippen LogP contribution in [0.3, 0.4) is 0 Å². The van der Waals surface area contributed by atoms with E-state index in [0.29, 0.717) is 18.2 Å².